The van der Waals surface area contributed by atoms with Crippen LogP contribution < -0.4 is 0 Å². The summed E-state index contributed by atoms with van der Waals surface area (Å²) in [5.41, 5.74) is 0.556. The molecule has 2 fully saturated rings. The van der Waals surface area contributed by atoms with Crippen LogP contribution in [0, 0.1) is 11.8 Å². The summed E-state index contributed by atoms with van der Waals surface area (Å²) in [6.07, 6.45) is 3.95. The molecule has 2 nitrogen and oxygen atoms in total. The van der Waals surface area contributed by atoms with Gasteiger partial charge < -0.3 is 10.2 Å². The summed E-state index contributed by atoms with van der Waals surface area (Å²) >= 11 is 0. The summed E-state index contributed by atoms with van der Waals surface area (Å²) in [5, 5.41) is 21.5. The van der Waals surface area contributed by atoms with E-state index in [9.17, 15) is 10.2 Å². The lowest BCUT2D eigenvalue weighted by molar-refractivity contribution is -0.181. The molecule has 4 atom stereocenters. The summed E-state index contributed by atoms with van der Waals surface area (Å²) in [6.45, 7) is 11.9. The van der Waals surface area contributed by atoms with Gasteiger partial charge in [-0.3, -0.25) is 0 Å². The predicted molar refractivity (Wildman–Crippen MR) is 69.6 cm³/mol. The Labute approximate surface area is 104 Å². The number of hydrogen-bond acceptors (Lipinski definition) is 2. The molecule has 0 aliphatic heterocycles. The van der Waals surface area contributed by atoms with Crippen molar-refractivity contribution in [3.63, 3.8) is 0 Å². The zero-order valence-electron chi connectivity index (χ0n) is 11.0. The van der Waals surface area contributed by atoms with Crippen molar-refractivity contribution in [1.29, 1.82) is 0 Å². The fourth-order valence-electron chi connectivity index (χ4n) is 3.96. The maximum atomic E-state index is 11.0. The van der Waals surface area contributed by atoms with Crippen LogP contribution in [0.4, 0.5) is 0 Å². The van der Waals surface area contributed by atoms with Gasteiger partial charge in [-0.2, -0.15) is 0 Å². The monoisotopic (exact) mass is 236 g/mol. The van der Waals surface area contributed by atoms with Crippen LogP contribution >= 0.6 is 0 Å². The molecule has 96 valence electrons. The van der Waals surface area contributed by atoms with E-state index < -0.39 is 11.2 Å². The molecule has 2 aliphatic carbocycles. The van der Waals surface area contributed by atoms with Crippen LogP contribution in [-0.4, -0.2) is 21.4 Å². The second-order valence-electron chi connectivity index (χ2n) is 6.30. The first-order chi connectivity index (χ1) is 7.77. The van der Waals surface area contributed by atoms with E-state index >= 15 is 0 Å². The van der Waals surface area contributed by atoms with Crippen LogP contribution in [0.2, 0.25) is 0 Å². The SMILES string of the molecule is C=C1CC[C@H]2[C@](O)(C1)[C@@H](C(=C)C)CC[C@]2(C)O. The van der Waals surface area contributed by atoms with E-state index in [1.54, 1.807) is 0 Å². The highest BCUT2D eigenvalue weighted by molar-refractivity contribution is 5.21. The smallest absolute Gasteiger partial charge is 0.0804 e. The van der Waals surface area contributed by atoms with Crippen LogP contribution in [0.15, 0.2) is 24.3 Å². The van der Waals surface area contributed by atoms with Crippen LogP contribution in [0.3, 0.4) is 0 Å². The van der Waals surface area contributed by atoms with Gasteiger partial charge in [0.25, 0.3) is 0 Å². The Bertz CT molecular complexity index is 356. The van der Waals surface area contributed by atoms with Gasteiger partial charge >= 0.3 is 0 Å². The third-order valence-corrected chi connectivity index (χ3v) is 4.81. The Morgan fingerprint density at radius 2 is 2.00 bits per heavy atom. The maximum absolute atomic E-state index is 11.0. The quantitative estimate of drug-likeness (QED) is 0.687. The number of rotatable bonds is 1. The Kier molecular flexibility index (Phi) is 2.99. The summed E-state index contributed by atoms with van der Waals surface area (Å²) in [5.74, 6) is 0.0562. The summed E-state index contributed by atoms with van der Waals surface area (Å²) in [4.78, 5) is 0. The summed E-state index contributed by atoms with van der Waals surface area (Å²) in [7, 11) is 0. The molecule has 0 heterocycles. The molecule has 0 bridgehead atoms. The largest absolute Gasteiger partial charge is 0.390 e. The van der Waals surface area contributed by atoms with E-state index in [2.05, 4.69) is 13.2 Å². The van der Waals surface area contributed by atoms with Gasteiger partial charge in [0.15, 0.2) is 0 Å². The first-order valence-electron chi connectivity index (χ1n) is 6.54. The molecule has 2 rings (SSSR count). The molecule has 17 heavy (non-hydrogen) atoms. The van der Waals surface area contributed by atoms with Gasteiger partial charge in [-0.1, -0.05) is 24.3 Å². The van der Waals surface area contributed by atoms with Gasteiger partial charge in [-0.15, -0.1) is 0 Å². The first kappa shape index (κ1) is 12.8. The van der Waals surface area contributed by atoms with E-state index in [1.165, 1.54) is 0 Å². The van der Waals surface area contributed by atoms with Crippen molar-refractivity contribution in [3.8, 4) is 0 Å². The van der Waals surface area contributed by atoms with Crippen molar-refractivity contribution in [2.75, 3.05) is 0 Å². The minimum atomic E-state index is -0.830. The van der Waals surface area contributed by atoms with E-state index in [-0.39, 0.29) is 11.8 Å². The van der Waals surface area contributed by atoms with Crippen molar-refractivity contribution >= 4 is 0 Å². The number of aliphatic hydroxyl groups is 2. The van der Waals surface area contributed by atoms with Gasteiger partial charge in [0.1, 0.15) is 0 Å². The van der Waals surface area contributed by atoms with Crippen LogP contribution in [0.5, 0.6) is 0 Å². The van der Waals surface area contributed by atoms with Crippen molar-refractivity contribution in [2.45, 2.75) is 57.2 Å². The van der Waals surface area contributed by atoms with Gasteiger partial charge in [0, 0.05) is 11.8 Å². The molecular weight excluding hydrogens is 212 g/mol. The Morgan fingerprint density at radius 3 is 2.59 bits per heavy atom. The average molecular weight is 236 g/mol. The van der Waals surface area contributed by atoms with Gasteiger partial charge in [0.05, 0.1) is 11.2 Å². The number of fused-ring (bicyclic) bond motifs is 1. The second kappa shape index (κ2) is 3.96. The first-order valence-corrected chi connectivity index (χ1v) is 6.54. The van der Waals surface area contributed by atoms with E-state index in [0.717, 1.165) is 36.8 Å². The molecule has 0 aromatic rings. The third-order valence-electron chi connectivity index (χ3n) is 4.81. The van der Waals surface area contributed by atoms with E-state index in [1.807, 2.05) is 13.8 Å². The molecule has 2 saturated carbocycles. The maximum Gasteiger partial charge on any atom is 0.0804 e. The lowest BCUT2D eigenvalue weighted by atomic mass is 9.55. The third kappa shape index (κ3) is 1.98. The molecular formula is C15H24O2. The van der Waals surface area contributed by atoms with Crippen molar-refractivity contribution in [3.05, 3.63) is 24.3 Å². The zero-order valence-corrected chi connectivity index (χ0v) is 11.0. The van der Waals surface area contributed by atoms with Gasteiger partial charge in [-0.25, -0.2) is 0 Å². The fraction of sp³-hybridized carbons (Fsp3) is 0.733. The van der Waals surface area contributed by atoms with E-state index in [0.29, 0.717) is 6.42 Å². The lowest BCUT2D eigenvalue weighted by Gasteiger charge is -2.55. The summed E-state index contributed by atoms with van der Waals surface area (Å²) in [6, 6.07) is 0. The molecule has 0 unspecified atom stereocenters. The Balaban J connectivity index is 2.38. The number of hydrogen-bond donors (Lipinski definition) is 2. The fourth-order valence-corrected chi connectivity index (χ4v) is 3.96. The van der Waals surface area contributed by atoms with Crippen molar-refractivity contribution in [1.82, 2.24) is 0 Å². The second-order valence-corrected chi connectivity index (χ2v) is 6.30. The van der Waals surface area contributed by atoms with Crippen molar-refractivity contribution < 1.29 is 10.2 Å². The van der Waals surface area contributed by atoms with Crippen LogP contribution in [0.1, 0.15) is 46.0 Å². The summed E-state index contributed by atoms with van der Waals surface area (Å²) < 4.78 is 0. The Hall–Kier alpha value is -0.600. The minimum absolute atomic E-state index is 0.0454. The van der Waals surface area contributed by atoms with Crippen LogP contribution in [0.25, 0.3) is 0 Å². The lowest BCUT2D eigenvalue weighted by Crippen LogP contribution is -2.60. The molecule has 0 radical (unpaired) electrons. The highest BCUT2D eigenvalue weighted by Gasteiger charge is 2.56. The van der Waals surface area contributed by atoms with Crippen LogP contribution in [-0.2, 0) is 0 Å². The molecule has 0 spiro atoms. The van der Waals surface area contributed by atoms with Crippen molar-refractivity contribution in [2.24, 2.45) is 11.8 Å². The molecule has 0 aromatic heterocycles. The standard InChI is InChI=1S/C15H24O2/c1-10(2)12-7-8-14(4,16)13-6-5-11(3)9-15(12,13)17/h12-13,16-17H,1,3,5-9H2,2,4H3/t12-,13-,14+,15+/m1/s1. The topological polar surface area (TPSA) is 40.5 Å². The molecule has 2 aliphatic rings. The minimum Gasteiger partial charge on any atom is -0.390 e. The molecule has 2 heteroatoms. The predicted octanol–water partition coefficient (Wildman–Crippen LogP) is 2.81. The normalized spacial score (nSPS) is 46.5. The van der Waals surface area contributed by atoms with E-state index in [4.69, 9.17) is 0 Å². The molecule has 0 saturated heterocycles. The molecule has 0 aromatic carbocycles. The average Bonchev–Trinajstić information content (AvgIpc) is 2.14. The highest BCUT2D eigenvalue weighted by atomic mass is 16.3. The van der Waals surface area contributed by atoms with Gasteiger partial charge in [-0.05, 0) is 46.0 Å². The highest BCUT2D eigenvalue weighted by Crippen LogP contribution is 2.53. The van der Waals surface area contributed by atoms with Gasteiger partial charge in [0.2, 0.25) is 0 Å². The molecule has 2 N–H and O–H groups in total. The zero-order chi connectivity index (χ0) is 12.8. The Morgan fingerprint density at radius 1 is 1.35 bits per heavy atom. The molecule has 0 amide bonds.